The lowest BCUT2D eigenvalue weighted by Gasteiger charge is -1.87. The predicted molar refractivity (Wildman–Crippen MR) is 29.1 cm³/mol. The summed E-state index contributed by atoms with van der Waals surface area (Å²) in [5.74, 6) is -2.22. The summed E-state index contributed by atoms with van der Waals surface area (Å²) in [6.07, 6.45) is 0.641. The molecule has 1 amide bonds. The molecule has 0 radical (unpaired) electrons. The number of carbonyl (C=O) groups is 2. The van der Waals surface area contributed by atoms with E-state index in [1.807, 2.05) is 0 Å². The first kappa shape index (κ1) is 7.48. The number of carboxylic acids is 1. The van der Waals surface area contributed by atoms with E-state index >= 15 is 0 Å². The number of carboxylic acid groups (broad SMARTS) is 1. The van der Waals surface area contributed by atoms with Gasteiger partial charge in [0.05, 0.1) is 0 Å². The Morgan fingerprint density at radius 2 is 1.78 bits per heavy atom. The van der Waals surface area contributed by atoms with Crippen molar-refractivity contribution in [2.75, 3.05) is 0 Å². The Balaban J connectivity index is 4.17. The lowest BCUT2D eigenvalue weighted by atomic mass is 10.4. The number of nitrogens with two attached hydrogens (primary N) is 2. The fraction of sp³-hybridized carbons (Fsp3) is 0. The van der Waals surface area contributed by atoms with Crippen molar-refractivity contribution in [2.24, 2.45) is 11.5 Å². The standard InChI is InChI=1S/C4H6N2O3/c5-2(4(8)9)1-3(6)7/h1H,5H2,(H2,6,7)(H,8,9)/b2-1-. The van der Waals surface area contributed by atoms with Crippen LogP contribution >= 0.6 is 0 Å². The summed E-state index contributed by atoms with van der Waals surface area (Å²) in [6, 6.07) is 0. The zero-order valence-corrected chi connectivity index (χ0v) is 4.50. The van der Waals surface area contributed by atoms with Crippen molar-refractivity contribution in [3.63, 3.8) is 0 Å². The molecule has 0 aliphatic carbocycles. The quantitative estimate of drug-likeness (QED) is 0.391. The summed E-state index contributed by atoms with van der Waals surface area (Å²) in [7, 11) is 0. The Morgan fingerprint density at radius 3 is 1.89 bits per heavy atom. The van der Waals surface area contributed by atoms with Crippen LogP contribution in [0.4, 0.5) is 0 Å². The van der Waals surface area contributed by atoms with Gasteiger partial charge >= 0.3 is 5.97 Å². The van der Waals surface area contributed by atoms with Crippen LogP contribution in [0.3, 0.4) is 0 Å². The average molecular weight is 130 g/mol. The summed E-state index contributed by atoms with van der Waals surface area (Å²) >= 11 is 0. The van der Waals surface area contributed by atoms with Crippen LogP contribution in [-0.2, 0) is 9.59 Å². The topological polar surface area (TPSA) is 106 Å². The molecule has 0 aromatic carbocycles. The Morgan fingerprint density at radius 1 is 1.33 bits per heavy atom. The molecular formula is C4H6N2O3. The second kappa shape index (κ2) is 2.71. The molecule has 9 heavy (non-hydrogen) atoms. The molecule has 0 saturated heterocycles. The number of amides is 1. The Bertz CT molecular complexity index is 173. The van der Waals surface area contributed by atoms with Gasteiger partial charge in [-0.1, -0.05) is 0 Å². The summed E-state index contributed by atoms with van der Waals surface area (Å²) < 4.78 is 0. The molecule has 5 nitrogen and oxygen atoms in total. The van der Waals surface area contributed by atoms with Gasteiger partial charge in [0, 0.05) is 6.08 Å². The van der Waals surface area contributed by atoms with Gasteiger partial charge in [0.15, 0.2) is 0 Å². The molecule has 0 bridgehead atoms. The van der Waals surface area contributed by atoms with E-state index in [0.29, 0.717) is 6.08 Å². The lowest BCUT2D eigenvalue weighted by Crippen LogP contribution is -2.15. The summed E-state index contributed by atoms with van der Waals surface area (Å²) in [5.41, 5.74) is 8.80. The smallest absolute Gasteiger partial charge is 0.351 e. The van der Waals surface area contributed by atoms with E-state index in [4.69, 9.17) is 10.8 Å². The van der Waals surface area contributed by atoms with Crippen molar-refractivity contribution in [2.45, 2.75) is 0 Å². The normalized spacial score (nSPS) is 10.9. The van der Waals surface area contributed by atoms with E-state index in [2.05, 4.69) is 5.73 Å². The number of hydrogen-bond acceptors (Lipinski definition) is 3. The Labute approximate surface area is 50.9 Å². The van der Waals surface area contributed by atoms with Gasteiger partial charge in [-0.15, -0.1) is 0 Å². The molecule has 0 fully saturated rings. The fourth-order valence-corrected chi connectivity index (χ4v) is 0.215. The molecule has 0 aliphatic heterocycles. The first-order valence-electron chi connectivity index (χ1n) is 2.04. The van der Waals surface area contributed by atoms with Gasteiger partial charge in [-0.3, -0.25) is 4.79 Å². The van der Waals surface area contributed by atoms with E-state index in [9.17, 15) is 9.59 Å². The number of primary amides is 1. The summed E-state index contributed by atoms with van der Waals surface area (Å²) in [5, 5.41) is 8.03. The highest BCUT2D eigenvalue weighted by molar-refractivity contribution is 5.96. The molecule has 0 heterocycles. The molecule has 0 aromatic rings. The summed E-state index contributed by atoms with van der Waals surface area (Å²) in [6.45, 7) is 0. The van der Waals surface area contributed by atoms with Gasteiger partial charge in [0.1, 0.15) is 5.70 Å². The maximum atomic E-state index is 9.92. The molecule has 0 aromatic heterocycles. The monoisotopic (exact) mass is 130 g/mol. The van der Waals surface area contributed by atoms with E-state index in [1.54, 1.807) is 0 Å². The van der Waals surface area contributed by atoms with Crippen LogP contribution in [0.25, 0.3) is 0 Å². The minimum absolute atomic E-state index is 0.553. The molecule has 0 rings (SSSR count). The molecule has 0 spiro atoms. The zero-order valence-electron chi connectivity index (χ0n) is 4.50. The average Bonchev–Trinajstić information content (AvgIpc) is 1.63. The van der Waals surface area contributed by atoms with Gasteiger partial charge in [0.25, 0.3) is 0 Å². The lowest BCUT2D eigenvalue weighted by molar-refractivity contribution is -0.133. The van der Waals surface area contributed by atoms with Crippen molar-refractivity contribution in [3.05, 3.63) is 11.8 Å². The van der Waals surface area contributed by atoms with Crippen molar-refractivity contribution < 1.29 is 14.7 Å². The van der Waals surface area contributed by atoms with Gasteiger partial charge in [-0.05, 0) is 0 Å². The Kier molecular flexibility index (Phi) is 2.25. The third-order valence-electron chi connectivity index (χ3n) is 0.545. The third kappa shape index (κ3) is 3.10. The van der Waals surface area contributed by atoms with Crippen LogP contribution in [-0.4, -0.2) is 17.0 Å². The summed E-state index contributed by atoms with van der Waals surface area (Å²) in [4.78, 5) is 19.8. The molecule has 50 valence electrons. The van der Waals surface area contributed by atoms with E-state index < -0.39 is 17.6 Å². The van der Waals surface area contributed by atoms with Gasteiger partial charge in [0.2, 0.25) is 5.91 Å². The Hall–Kier alpha value is -1.52. The van der Waals surface area contributed by atoms with Crippen LogP contribution < -0.4 is 11.5 Å². The third-order valence-corrected chi connectivity index (χ3v) is 0.545. The number of carbonyl (C=O) groups excluding carboxylic acids is 1. The predicted octanol–water partition coefficient (Wildman–Crippen LogP) is -1.60. The van der Waals surface area contributed by atoms with E-state index in [-0.39, 0.29) is 0 Å². The van der Waals surface area contributed by atoms with E-state index in [0.717, 1.165) is 0 Å². The van der Waals surface area contributed by atoms with E-state index in [1.165, 1.54) is 0 Å². The maximum absolute atomic E-state index is 9.92. The van der Waals surface area contributed by atoms with Crippen LogP contribution in [0, 0.1) is 0 Å². The van der Waals surface area contributed by atoms with Crippen LogP contribution in [0.5, 0.6) is 0 Å². The second-order valence-corrected chi connectivity index (χ2v) is 1.31. The van der Waals surface area contributed by atoms with Crippen molar-refractivity contribution in [1.29, 1.82) is 0 Å². The molecular weight excluding hydrogens is 124 g/mol. The van der Waals surface area contributed by atoms with Gasteiger partial charge in [-0.2, -0.15) is 0 Å². The van der Waals surface area contributed by atoms with Crippen molar-refractivity contribution in [3.8, 4) is 0 Å². The molecule has 5 heteroatoms. The minimum atomic E-state index is -1.35. The second-order valence-electron chi connectivity index (χ2n) is 1.31. The molecule has 0 aliphatic rings. The number of hydrogen-bond donors (Lipinski definition) is 3. The van der Waals surface area contributed by atoms with Crippen LogP contribution in [0.1, 0.15) is 0 Å². The SMILES string of the molecule is NC(=O)/C=C(\N)C(=O)O. The van der Waals surface area contributed by atoms with Gasteiger partial charge < -0.3 is 16.6 Å². The highest BCUT2D eigenvalue weighted by atomic mass is 16.4. The molecule has 0 atom stereocenters. The molecule has 5 N–H and O–H groups in total. The van der Waals surface area contributed by atoms with Crippen molar-refractivity contribution in [1.82, 2.24) is 0 Å². The highest BCUT2D eigenvalue weighted by Gasteiger charge is 2.00. The zero-order chi connectivity index (χ0) is 7.44. The first-order valence-corrected chi connectivity index (χ1v) is 2.04. The first-order chi connectivity index (χ1) is 4.04. The van der Waals surface area contributed by atoms with Crippen LogP contribution in [0.15, 0.2) is 11.8 Å². The van der Waals surface area contributed by atoms with Gasteiger partial charge in [-0.25, -0.2) is 4.79 Å². The maximum Gasteiger partial charge on any atom is 0.351 e. The van der Waals surface area contributed by atoms with Crippen LogP contribution in [0.2, 0.25) is 0 Å². The fourth-order valence-electron chi connectivity index (χ4n) is 0.215. The largest absolute Gasteiger partial charge is 0.477 e. The van der Waals surface area contributed by atoms with Crippen molar-refractivity contribution >= 4 is 11.9 Å². The molecule has 0 saturated carbocycles. The number of aliphatic carboxylic acids is 1. The molecule has 0 unspecified atom stereocenters. The number of rotatable bonds is 2. The highest BCUT2D eigenvalue weighted by Crippen LogP contribution is 1.79. The minimum Gasteiger partial charge on any atom is -0.477 e.